The van der Waals surface area contributed by atoms with E-state index in [1.165, 1.54) is 5.41 Å². The number of benzene rings is 2. The van der Waals surface area contributed by atoms with E-state index in [0.29, 0.717) is 35.9 Å². The summed E-state index contributed by atoms with van der Waals surface area (Å²) in [5, 5.41) is 2.47. The Bertz CT molecular complexity index is 1340. The predicted molar refractivity (Wildman–Crippen MR) is 160 cm³/mol. The number of sulfone groups is 1. The molecular weight excluding hydrogens is 569 g/mol. The minimum atomic E-state index is -3.39. The summed E-state index contributed by atoms with van der Waals surface area (Å²) in [6.45, 7) is 9.73. The first kappa shape index (κ1) is 31.0. The van der Waals surface area contributed by atoms with Gasteiger partial charge in [-0.1, -0.05) is 74.3 Å². The molecule has 2 fully saturated rings. The number of carbonyl (C=O) groups excluding carboxylic acids is 1. The third kappa shape index (κ3) is 6.93. The largest absolute Gasteiger partial charge is 0.348 e. The van der Waals surface area contributed by atoms with Gasteiger partial charge in [0, 0.05) is 26.8 Å². The van der Waals surface area contributed by atoms with Crippen molar-refractivity contribution < 1.29 is 22.7 Å². The molecule has 6 nitrogen and oxygen atoms in total. The molecule has 0 bridgehead atoms. The highest BCUT2D eigenvalue weighted by atomic mass is 35.5. The van der Waals surface area contributed by atoms with Gasteiger partial charge in [-0.15, -0.1) is 0 Å². The summed E-state index contributed by atoms with van der Waals surface area (Å²) < 4.78 is 36.9. The van der Waals surface area contributed by atoms with Gasteiger partial charge in [-0.05, 0) is 68.5 Å². The molecule has 40 heavy (non-hydrogen) atoms. The van der Waals surface area contributed by atoms with E-state index in [1.807, 2.05) is 81.1 Å². The maximum atomic E-state index is 14.7. The fraction of sp³-hybridized carbons (Fsp3) is 0.516. The lowest BCUT2D eigenvalue weighted by molar-refractivity contribution is -0.161. The number of halogens is 2. The van der Waals surface area contributed by atoms with Crippen LogP contribution in [-0.2, 0) is 24.1 Å². The minimum Gasteiger partial charge on any atom is -0.348 e. The minimum absolute atomic E-state index is 0.00779. The van der Waals surface area contributed by atoms with Gasteiger partial charge in [0.1, 0.15) is 0 Å². The lowest BCUT2D eigenvalue weighted by Gasteiger charge is -2.52. The van der Waals surface area contributed by atoms with Crippen LogP contribution in [0.2, 0.25) is 10.0 Å². The average molecular weight is 609 g/mol. The summed E-state index contributed by atoms with van der Waals surface area (Å²) in [6.07, 6.45) is 3.00. The number of hydrogen-bond donors (Lipinski definition) is 0. The van der Waals surface area contributed by atoms with Gasteiger partial charge in [0.05, 0.1) is 30.5 Å². The van der Waals surface area contributed by atoms with Crippen LogP contribution in [0.25, 0.3) is 0 Å². The molecule has 2 unspecified atom stereocenters. The van der Waals surface area contributed by atoms with Crippen molar-refractivity contribution in [3.05, 3.63) is 81.2 Å². The normalized spacial score (nSPS) is 27.8. The van der Waals surface area contributed by atoms with E-state index in [9.17, 15) is 13.2 Å². The van der Waals surface area contributed by atoms with Gasteiger partial charge in [-0.3, -0.25) is 4.79 Å². The van der Waals surface area contributed by atoms with Crippen LogP contribution in [0.1, 0.15) is 77.0 Å². The topological polar surface area (TPSA) is 72.9 Å². The lowest BCUT2D eigenvalue weighted by Crippen LogP contribution is -2.56. The Morgan fingerprint density at radius 2 is 1.75 bits per heavy atom. The molecule has 0 spiro atoms. The molecule has 9 heteroatoms. The number of piperidine rings is 1. The zero-order chi connectivity index (χ0) is 29.3. The van der Waals surface area contributed by atoms with Crippen LogP contribution < -0.4 is 0 Å². The Balaban J connectivity index is 1.87. The van der Waals surface area contributed by atoms with Crippen molar-refractivity contribution in [3.8, 4) is 0 Å². The summed E-state index contributed by atoms with van der Waals surface area (Å²) >= 11 is 12.7. The lowest BCUT2D eigenvalue weighted by atomic mass is 9.66. The van der Waals surface area contributed by atoms with Crippen molar-refractivity contribution in [1.29, 1.82) is 0 Å². The average Bonchev–Trinajstić information content (AvgIpc) is 3.24. The molecule has 4 rings (SSSR count). The Morgan fingerprint density at radius 3 is 2.33 bits per heavy atom. The van der Waals surface area contributed by atoms with Crippen molar-refractivity contribution in [3.63, 3.8) is 0 Å². The van der Waals surface area contributed by atoms with Crippen LogP contribution in [0, 0.1) is 5.41 Å². The van der Waals surface area contributed by atoms with Gasteiger partial charge in [-0.2, -0.15) is 0 Å². The molecule has 2 aromatic carbocycles. The molecule has 5 atom stereocenters. The number of hydrogen-bond acceptors (Lipinski definition) is 5. The highest BCUT2D eigenvalue weighted by molar-refractivity contribution is 7.94. The Morgan fingerprint density at radius 1 is 1.05 bits per heavy atom. The Hall–Kier alpha value is -1.90. The SMILES string of the molecule is CCC(C=CS(=O)(=O)CC)N1C(=O)[C@@](C)(CC2COC(C)(C)O2)C[C@H](c2cccc(Cl)c2)[C@H]1c1ccc(Cl)cc1. The number of carbonyl (C=O) groups is 1. The molecule has 0 aliphatic carbocycles. The maximum Gasteiger partial charge on any atom is 0.229 e. The van der Waals surface area contributed by atoms with Crippen molar-refractivity contribution in [2.24, 2.45) is 5.41 Å². The first-order valence-electron chi connectivity index (χ1n) is 13.8. The number of nitrogens with zero attached hydrogens (tertiary/aromatic N) is 1. The van der Waals surface area contributed by atoms with Crippen LogP contribution in [0.3, 0.4) is 0 Å². The van der Waals surface area contributed by atoms with E-state index in [-0.39, 0.29) is 29.7 Å². The van der Waals surface area contributed by atoms with E-state index < -0.39 is 27.1 Å². The summed E-state index contributed by atoms with van der Waals surface area (Å²) in [5.74, 6) is -0.876. The molecule has 0 N–H and O–H groups in total. The molecule has 2 aliphatic heterocycles. The van der Waals surface area contributed by atoms with Crippen LogP contribution >= 0.6 is 23.2 Å². The van der Waals surface area contributed by atoms with Gasteiger partial charge in [0.2, 0.25) is 5.91 Å². The predicted octanol–water partition coefficient (Wildman–Crippen LogP) is 7.33. The van der Waals surface area contributed by atoms with Crippen molar-refractivity contribution in [1.82, 2.24) is 4.90 Å². The second kappa shape index (κ2) is 12.1. The maximum absolute atomic E-state index is 14.7. The van der Waals surface area contributed by atoms with Gasteiger partial charge < -0.3 is 14.4 Å². The third-order valence-corrected chi connectivity index (χ3v) is 9.89. The molecule has 218 valence electrons. The second-order valence-corrected chi connectivity index (χ2v) is 14.6. The molecule has 2 aromatic rings. The quantitative estimate of drug-likeness (QED) is 0.298. The van der Waals surface area contributed by atoms with Gasteiger partial charge in [0.25, 0.3) is 0 Å². The van der Waals surface area contributed by atoms with Crippen LogP contribution in [0.4, 0.5) is 0 Å². The smallest absolute Gasteiger partial charge is 0.229 e. The number of ether oxygens (including phenoxy) is 2. The number of rotatable bonds is 9. The molecule has 2 heterocycles. The molecule has 0 saturated carbocycles. The number of amides is 1. The highest BCUT2D eigenvalue weighted by Crippen LogP contribution is 2.53. The second-order valence-electron chi connectivity index (χ2n) is 11.5. The summed E-state index contributed by atoms with van der Waals surface area (Å²) in [5.41, 5.74) is 1.14. The van der Waals surface area contributed by atoms with E-state index in [1.54, 1.807) is 13.0 Å². The summed E-state index contributed by atoms with van der Waals surface area (Å²) in [4.78, 5) is 16.6. The fourth-order valence-electron chi connectivity index (χ4n) is 6.03. The van der Waals surface area contributed by atoms with Crippen molar-refractivity contribution in [2.45, 2.75) is 83.8 Å². The zero-order valence-electron chi connectivity index (χ0n) is 23.8. The van der Waals surface area contributed by atoms with Crippen LogP contribution in [-0.4, -0.2) is 49.5 Å². The van der Waals surface area contributed by atoms with Crippen LogP contribution in [0.15, 0.2) is 60.0 Å². The van der Waals surface area contributed by atoms with Gasteiger partial charge >= 0.3 is 0 Å². The van der Waals surface area contributed by atoms with Gasteiger partial charge in [-0.25, -0.2) is 8.42 Å². The van der Waals surface area contributed by atoms with Crippen molar-refractivity contribution >= 4 is 38.9 Å². The van der Waals surface area contributed by atoms with E-state index >= 15 is 0 Å². The monoisotopic (exact) mass is 607 g/mol. The van der Waals surface area contributed by atoms with E-state index in [2.05, 4.69) is 0 Å². The standard InChI is InChI=1S/C31H39Cl2NO5S/c1-6-25(15-16-40(36,37)7-2)34-28(21-11-13-23(32)14-12-21)27(22-9-8-10-24(33)17-22)19-31(5,29(34)35)18-26-20-38-30(3,4)39-26/h8-17,25-28H,6-7,18-20H2,1-5H3/t25?,26?,27-,28-,31+/m1/s1. The van der Waals surface area contributed by atoms with Crippen molar-refractivity contribution in [2.75, 3.05) is 12.4 Å². The first-order chi connectivity index (χ1) is 18.8. The molecule has 2 saturated heterocycles. The van der Waals surface area contributed by atoms with E-state index in [0.717, 1.165) is 11.1 Å². The van der Waals surface area contributed by atoms with Crippen LogP contribution in [0.5, 0.6) is 0 Å². The molecule has 1 amide bonds. The summed E-state index contributed by atoms with van der Waals surface area (Å²) in [6, 6.07) is 14.5. The highest BCUT2D eigenvalue weighted by Gasteiger charge is 2.53. The Kier molecular flexibility index (Phi) is 9.42. The van der Waals surface area contributed by atoms with E-state index in [4.69, 9.17) is 32.7 Å². The Labute approximate surface area is 248 Å². The molecule has 2 aliphatic rings. The molecular formula is C31H39Cl2NO5S. The zero-order valence-corrected chi connectivity index (χ0v) is 26.1. The number of likely N-dealkylation sites (tertiary alicyclic amines) is 1. The van der Waals surface area contributed by atoms with Gasteiger partial charge in [0.15, 0.2) is 15.6 Å². The third-order valence-electron chi connectivity index (χ3n) is 8.02. The summed E-state index contributed by atoms with van der Waals surface area (Å²) in [7, 11) is -3.39. The molecule has 0 aromatic heterocycles. The molecule has 0 radical (unpaired) electrons. The first-order valence-corrected chi connectivity index (χ1v) is 16.3. The fourth-order valence-corrected chi connectivity index (χ4v) is 6.97.